The van der Waals surface area contributed by atoms with Crippen molar-refractivity contribution in [1.82, 2.24) is 4.31 Å². The molecule has 23 heavy (non-hydrogen) atoms. The van der Waals surface area contributed by atoms with Crippen molar-refractivity contribution in [3.05, 3.63) is 66.2 Å². The van der Waals surface area contributed by atoms with Crippen LogP contribution in [0.25, 0.3) is 0 Å². The zero-order valence-electron chi connectivity index (χ0n) is 12.8. The first kappa shape index (κ1) is 15.9. The van der Waals surface area contributed by atoms with E-state index in [2.05, 4.69) is 0 Å². The molecule has 0 spiro atoms. The summed E-state index contributed by atoms with van der Waals surface area (Å²) >= 11 is 0. The summed E-state index contributed by atoms with van der Waals surface area (Å²) in [4.78, 5) is 12.6. The molecule has 0 amide bonds. The molecule has 3 rings (SSSR count). The van der Waals surface area contributed by atoms with Crippen LogP contribution >= 0.6 is 0 Å². The molecule has 1 atom stereocenters. The van der Waals surface area contributed by atoms with Crippen molar-refractivity contribution in [2.24, 2.45) is 0 Å². The minimum atomic E-state index is -3.65. The maximum atomic E-state index is 12.9. The van der Waals surface area contributed by atoms with Gasteiger partial charge in [-0.1, -0.05) is 48.5 Å². The summed E-state index contributed by atoms with van der Waals surface area (Å²) in [6.45, 7) is 0.389. The van der Waals surface area contributed by atoms with Gasteiger partial charge in [0.1, 0.15) is 0 Å². The Hall–Kier alpha value is -1.98. The van der Waals surface area contributed by atoms with Crippen molar-refractivity contribution < 1.29 is 13.2 Å². The Morgan fingerprint density at radius 1 is 0.957 bits per heavy atom. The van der Waals surface area contributed by atoms with E-state index in [-0.39, 0.29) is 10.7 Å². The lowest BCUT2D eigenvalue weighted by molar-refractivity contribution is -0.124. The summed E-state index contributed by atoms with van der Waals surface area (Å²) in [6.07, 6.45) is 1.44. The fourth-order valence-corrected chi connectivity index (χ4v) is 4.63. The number of benzene rings is 2. The Morgan fingerprint density at radius 3 is 2.22 bits per heavy atom. The van der Waals surface area contributed by atoms with E-state index in [1.807, 2.05) is 30.3 Å². The normalized spacial score (nSPS) is 19.7. The standard InChI is InChI=1S/C18H19NO3S/c20-18-12-7-13-19(17(18)14-15-8-3-1-4-9-15)23(21,22)16-10-5-2-6-11-16/h1-6,8-11,17H,7,12-14H2/t17-/m0/s1. The van der Waals surface area contributed by atoms with Crippen LogP contribution in [0.15, 0.2) is 65.6 Å². The molecule has 0 saturated carbocycles. The van der Waals surface area contributed by atoms with Gasteiger partial charge < -0.3 is 0 Å². The van der Waals surface area contributed by atoms with Crippen LogP contribution in [0.5, 0.6) is 0 Å². The van der Waals surface area contributed by atoms with E-state index in [9.17, 15) is 13.2 Å². The van der Waals surface area contributed by atoms with E-state index in [1.54, 1.807) is 30.3 Å². The van der Waals surface area contributed by atoms with E-state index in [0.717, 1.165) is 5.56 Å². The highest BCUT2D eigenvalue weighted by Crippen LogP contribution is 2.25. The summed E-state index contributed by atoms with van der Waals surface area (Å²) in [7, 11) is -3.65. The number of carbonyl (C=O) groups is 1. The third kappa shape index (κ3) is 3.35. The molecule has 120 valence electrons. The number of sulfonamides is 1. The highest BCUT2D eigenvalue weighted by atomic mass is 32.2. The van der Waals surface area contributed by atoms with Gasteiger partial charge in [-0.3, -0.25) is 4.79 Å². The molecule has 0 N–H and O–H groups in total. The second kappa shape index (κ2) is 6.64. The molecule has 1 saturated heterocycles. The third-order valence-corrected chi connectivity index (χ3v) is 6.07. The Morgan fingerprint density at radius 2 is 1.57 bits per heavy atom. The number of carbonyl (C=O) groups excluding carboxylic acids is 1. The highest BCUT2D eigenvalue weighted by molar-refractivity contribution is 7.89. The lowest BCUT2D eigenvalue weighted by Gasteiger charge is -2.33. The van der Waals surface area contributed by atoms with E-state index >= 15 is 0 Å². The van der Waals surface area contributed by atoms with Crippen LogP contribution in [0, 0.1) is 0 Å². The number of piperidine rings is 1. The minimum absolute atomic E-state index is 0.000362. The lowest BCUT2D eigenvalue weighted by Crippen LogP contribution is -2.49. The van der Waals surface area contributed by atoms with Crippen molar-refractivity contribution in [1.29, 1.82) is 0 Å². The minimum Gasteiger partial charge on any atom is -0.298 e. The first-order chi connectivity index (χ1) is 11.1. The number of hydrogen-bond donors (Lipinski definition) is 0. The van der Waals surface area contributed by atoms with Gasteiger partial charge in [-0.2, -0.15) is 4.31 Å². The van der Waals surface area contributed by atoms with Crippen molar-refractivity contribution >= 4 is 15.8 Å². The molecule has 2 aromatic carbocycles. The number of ketones is 1. The van der Waals surface area contributed by atoms with Crippen LogP contribution in [-0.4, -0.2) is 31.1 Å². The van der Waals surface area contributed by atoms with Crippen LogP contribution < -0.4 is 0 Å². The largest absolute Gasteiger partial charge is 0.298 e. The SMILES string of the molecule is O=C1CCCN(S(=O)(=O)c2ccccc2)[C@H]1Cc1ccccc1. The quantitative estimate of drug-likeness (QED) is 0.866. The molecule has 1 fully saturated rings. The van der Waals surface area contributed by atoms with E-state index in [1.165, 1.54) is 4.31 Å². The van der Waals surface area contributed by atoms with Gasteiger partial charge in [0.05, 0.1) is 10.9 Å². The van der Waals surface area contributed by atoms with Crippen LogP contribution in [0.4, 0.5) is 0 Å². The molecule has 0 aliphatic carbocycles. The molecular formula is C18H19NO3S. The van der Waals surface area contributed by atoms with Crippen LogP contribution in [0.1, 0.15) is 18.4 Å². The molecule has 1 aliphatic rings. The zero-order valence-corrected chi connectivity index (χ0v) is 13.6. The topological polar surface area (TPSA) is 54.5 Å². The number of rotatable bonds is 4. The average molecular weight is 329 g/mol. The molecule has 1 aliphatic heterocycles. The average Bonchev–Trinajstić information content (AvgIpc) is 2.58. The fourth-order valence-electron chi connectivity index (χ4n) is 2.96. The van der Waals surface area contributed by atoms with Crippen molar-refractivity contribution in [2.75, 3.05) is 6.54 Å². The van der Waals surface area contributed by atoms with Gasteiger partial charge in [0.2, 0.25) is 10.0 Å². The summed E-state index contributed by atoms with van der Waals surface area (Å²) in [5.41, 5.74) is 0.973. The predicted octanol–water partition coefficient (Wildman–Crippen LogP) is 2.65. The first-order valence-electron chi connectivity index (χ1n) is 7.72. The predicted molar refractivity (Wildman–Crippen MR) is 88.5 cm³/mol. The molecule has 0 aromatic heterocycles. The molecule has 0 bridgehead atoms. The Kier molecular flexibility index (Phi) is 4.59. The van der Waals surface area contributed by atoms with E-state index < -0.39 is 16.1 Å². The molecule has 2 aromatic rings. The Bertz CT molecular complexity index is 772. The van der Waals surface area contributed by atoms with Gasteiger partial charge in [0.15, 0.2) is 5.78 Å². The van der Waals surface area contributed by atoms with Gasteiger partial charge in [-0.05, 0) is 30.5 Å². The molecule has 5 heteroatoms. The Labute approximate surface area is 136 Å². The summed E-state index contributed by atoms with van der Waals surface area (Å²) < 4.78 is 27.2. The molecule has 0 radical (unpaired) electrons. The van der Waals surface area contributed by atoms with Crippen LogP contribution in [0.3, 0.4) is 0 Å². The molecular weight excluding hydrogens is 310 g/mol. The maximum absolute atomic E-state index is 12.9. The first-order valence-corrected chi connectivity index (χ1v) is 9.16. The van der Waals surface area contributed by atoms with Crippen molar-refractivity contribution in [3.8, 4) is 0 Å². The van der Waals surface area contributed by atoms with E-state index in [0.29, 0.717) is 25.8 Å². The second-order valence-corrected chi connectivity index (χ2v) is 7.59. The van der Waals surface area contributed by atoms with Crippen LogP contribution in [-0.2, 0) is 21.2 Å². The van der Waals surface area contributed by atoms with Gasteiger partial charge in [-0.25, -0.2) is 8.42 Å². The van der Waals surface area contributed by atoms with Crippen LogP contribution in [0.2, 0.25) is 0 Å². The second-order valence-electron chi connectivity index (χ2n) is 5.70. The fraction of sp³-hybridized carbons (Fsp3) is 0.278. The molecule has 1 heterocycles. The van der Waals surface area contributed by atoms with Gasteiger partial charge in [0.25, 0.3) is 0 Å². The summed E-state index contributed by atoms with van der Waals surface area (Å²) in [5.74, 6) is -0.000362. The number of nitrogens with zero attached hydrogens (tertiary/aromatic N) is 1. The number of Topliss-reactive ketones (excluding diaryl/α,β-unsaturated/α-hetero) is 1. The van der Waals surface area contributed by atoms with Crippen molar-refractivity contribution in [2.45, 2.75) is 30.2 Å². The van der Waals surface area contributed by atoms with E-state index in [4.69, 9.17) is 0 Å². The summed E-state index contributed by atoms with van der Waals surface area (Å²) in [5, 5.41) is 0. The molecule has 0 unspecified atom stereocenters. The number of hydrogen-bond acceptors (Lipinski definition) is 3. The third-order valence-electron chi connectivity index (χ3n) is 4.14. The summed E-state index contributed by atoms with van der Waals surface area (Å²) in [6, 6.07) is 17.3. The maximum Gasteiger partial charge on any atom is 0.243 e. The van der Waals surface area contributed by atoms with Crippen molar-refractivity contribution in [3.63, 3.8) is 0 Å². The van der Waals surface area contributed by atoms with Gasteiger partial charge >= 0.3 is 0 Å². The molecule has 4 nitrogen and oxygen atoms in total. The van der Waals surface area contributed by atoms with Gasteiger partial charge in [-0.15, -0.1) is 0 Å². The monoisotopic (exact) mass is 329 g/mol. The lowest BCUT2D eigenvalue weighted by atomic mass is 9.96. The highest BCUT2D eigenvalue weighted by Gasteiger charge is 2.38. The Balaban J connectivity index is 1.93. The zero-order chi connectivity index (χ0) is 16.3. The van der Waals surface area contributed by atoms with Gasteiger partial charge in [0, 0.05) is 13.0 Å². The smallest absolute Gasteiger partial charge is 0.243 e.